The Balaban J connectivity index is 2.51. The van der Waals surface area contributed by atoms with Crippen LogP contribution in [0.1, 0.15) is 32.8 Å². The van der Waals surface area contributed by atoms with Crippen LogP contribution in [0.3, 0.4) is 0 Å². The largest absolute Gasteiger partial charge is 0.617 e. The highest BCUT2D eigenvalue weighted by molar-refractivity contribution is 7.90. The van der Waals surface area contributed by atoms with Crippen molar-refractivity contribution in [1.29, 1.82) is 0 Å². The fourth-order valence-electron chi connectivity index (χ4n) is 3.11. The number of rotatable bonds is 15. The lowest BCUT2D eigenvalue weighted by Crippen LogP contribution is -2.46. The summed E-state index contributed by atoms with van der Waals surface area (Å²) in [6, 6.07) is 5.64. The zero-order valence-corrected chi connectivity index (χ0v) is 25.2. The van der Waals surface area contributed by atoms with Crippen molar-refractivity contribution in [1.82, 2.24) is 20.6 Å². The van der Waals surface area contributed by atoms with Gasteiger partial charge in [0.25, 0.3) is 5.91 Å². The van der Waals surface area contributed by atoms with E-state index in [4.69, 9.17) is 4.74 Å². The Hall–Kier alpha value is -4.11. The molecule has 0 aliphatic carbocycles. The van der Waals surface area contributed by atoms with Gasteiger partial charge in [-0.25, -0.2) is 9.59 Å². The van der Waals surface area contributed by atoms with Crippen LogP contribution in [0.4, 0.5) is 15.3 Å². The fourth-order valence-corrected chi connectivity index (χ4v) is 3.59. The van der Waals surface area contributed by atoms with Crippen molar-refractivity contribution in [3.05, 3.63) is 42.0 Å². The highest BCUT2D eigenvalue weighted by Gasteiger charge is 2.20. The van der Waals surface area contributed by atoms with Gasteiger partial charge in [-0.15, -0.1) is 0 Å². The Bertz CT molecular complexity index is 1100. The van der Waals surface area contributed by atoms with E-state index >= 15 is 0 Å². The number of ether oxygens (including phenoxy) is 1. The monoisotopic (exact) mass is 609 g/mol. The number of hydrogen-bond donors (Lipinski definition) is 3. The predicted octanol–water partition coefficient (Wildman–Crippen LogP) is 1.35. The minimum absolute atomic E-state index is 0.0145. The smallest absolute Gasteiger partial charge is 0.432 e. The van der Waals surface area contributed by atoms with Gasteiger partial charge in [-0.3, -0.25) is 19.2 Å². The van der Waals surface area contributed by atoms with E-state index in [-0.39, 0.29) is 12.5 Å². The molecule has 3 N–H and O–H groups in total. The summed E-state index contributed by atoms with van der Waals surface area (Å²) in [5.74, 6) is -1.34. The molecule has 0 fully saturated rings. The van der Waals surface area contributed by atoms with E-state index < -0.39 is 53.7 Å². The molecule has 5 amide bonds. The second kappa shape index (κ2) is 19.1. The van der Waals surface area contributed by atoms with Gasteiger partial charge in [-0.05, 0) is 36.6 Å². The minimum Gasteiger partial charge on any atom is -0.617 e. The molecule has 42 heavy (non-hydrogen) atoms. The number of hydroxylamine groups is 2. The molecule has 0 spiro atoms. The Morgan fingerprint density at radius 1 is 1.12 bits per heavy atom. The maximum absolute atomic E-state index is 12.6. The number of likely N-dealkylation sites (N-methyl/N-ethyl adjacent to an activating group) is 1. The fraction of sp³-hybridized carbons (Fsp3) is 0.481. The maximum Gasteiger partial charge on any atom is 0.432 e. The van der Waals surface area contributed by atoms with Crippen LogP contribution in [0.25, 0.3) is 0 Å². The number of carbonyl (C=O) groups excluding carboxylic acids is 6. The summed E-state index contributed by atoms with van der Waals surface area (Å²) in [6.45, 7) is 5.84. The zero-order chi connectivity index (χ0) is 31.7. The summed E-state index contributed by atoms with van der Waals surface area (Å²) in [6.07, 6.45) is 3.09. The topological polar surface area (TPSA) is 187 Å². The number of nitrogens with zero attached hydrogens (tertiary/aromatic N) is 2. The van der Waals surface area contributed by atoms with E-state index in [1.54, 1.807) is 35.4 Å². The number of carbonyl (C=O) groups is 6. The lowest BCUT2D eigenvalue weighted by atomic mass is 10.1. The summed E-state index contributed by atoms with van der Waals surface area (Å²) >= 11 is -1.03. The highest BCUT2D eigenvalue weighted by Crippen LogP contribution is 2.13. The van der Waals surface area contributed by atoms with E-state index in [1.807, 2.05) is 13.8 Å². The standard InChI is InChI=1S/C27H39N5O9S/c1-6-19(2)17-32(13-15-42(5)39)27(38)40-18-21-9-11-22(12-10-21)30-25(36)20(3)29-23(34)16-28-26(37)41-31(4)24(35)8-7-14-33/h7-12,14,19-20H,6,13,15-18H2,1-5H3,(H,28,37)(H,29,34)(H,30,36)/b8-7-. The first kappa shape index (κ1) is 35.9. The molecule has 3 atom stereocenters. The maximum atomic E-state index is 12.6. The number of amides is 5. The van der Waals surface area contributed by atoms with Gasteiger partial charge < -0.3 is 35.0 Å². The average molecular weight is 610 g/mol. The van der Waals surface area contributed by atoms with Crippen LogP contribution in [0.2, 0.25) is 0 Å². The molecule has 0 aliphatic rings. The SMILES string of the molecule is CCC(C)CN(CC[S+](C)[O-])C(=O)OCc1ccc(NC(=O)C(C)NC(=O)CNC(=O)ON(C)C(=O)/C=C\C=O)cc1. The van der Waals surface area contributed by atoms with Crippen molar-refractivity contribution in [3.8, 4) is 0 Å². The van der Waals surface area contributed by atoms with E-state index in [1.165, 1.54) is 6.92 Å². The van der Waals surface area contributed by atoms with Gasteiger partial charge in [0.1, 0.15) is 31.2 Å². The molecule has 0 radical (unpaired) electrons. The summed E-state index contributed by atoms with van der Waals surface area (Å²) in [4.78, 5) is 76.9. The first-order valence-corrected chi connectivity index (χ1v) is 14.8. The molecule has 1 aromatic rings. The van der Waals surface area contributed by atoms with Crippen LogP contribution >= 0.6 is 0 Å². The van der Waals surface area contributed by atoms with Crippen LogP contribution in [0.5, 0.6) is 0 Å². The molecule has 0 saturated heterocycles. The van der Waals surface area contributed by atoms with Crippen molar-refractivity contribution in [3.63, 3.8) is 0 Å². The molecule has 0 aliphatic heterocycles. The molecule has 232 valence electrons. The van der Waals surface area contributed by atoms with Gasteiger partial charge in [0.2, 0.25) is 11.8 Å². The number of benzene rings is 1. The number of anilines is 1. The number of nitrogens with one attached hydrogen (secondary N) is 3. The number of aldehydes is 1. The van der Waals surface area contributed by atoms with E-state index in [9.17, 15) is 33.3 Å². The van der Waals surface area contributed by atoms with Gasteiger partial charge in [0.05, 0.1) is 12.8 Å². The molecule has 15 heteroatoms. The van der Waals surface area contributed by atoms with Gasteiger partial charge in [0.15, 0.2) is 0 Å². The zero-order valence-electron chi connectivity index (χ0n) is 24.4. The van der Waals surface area contributed by atoms with Gasteiger partial charge in [-0.2, -0.15) is 5.06 Å². The molecular formula is C27H39N5O9S. The second-order valence-corrected chi connectivity index (χ2v) is 10.9. The molecule has 1 aromatic carbocycles. The third-order valence-corrected chi connectivity index (χ3v) is 6.49. The summed E-state index contributed by atoms with van der Waals surface area (Å²) in [5, 5.41) is 7.76. The Kier molecular flexibility index (Phi) is 16.3. The van der Waals surface area contributed by atoms with E-state index in [2.05, 4.69) is 20.8 Å². The Morgan fingerprint density at radius 2 is 1.79 bits per heavy atom. The molecule has 1 rings (SSSR count). The molecule has 0 heterocycles. The predicted molar refractivity (Wildman–Crippen MR) is 155 cm³/mol. The third kappa shape index (κ3) is 14.5. The summed E-state index contributed by atoms with van der Waals surface area (Å²) in [5.41, 5.74) is 1.13. The van der Waals surface area contributed by atoms with E-state index in [0.29, 0.717) is 41.4 Å². The summed E-state index contributed by atoms with van der Waals surface area (Å²) < 4.78 is 16.9. The van der Waals surface area contributed by atoms with Crippen molar-refractivity contribution in [2.45, 2.75) is 39.8 Å². The van der Waals surface area contributed by atoms with Crippen molar-refractivity contribution in [2.24, 2.45) is 5.92 Å². The van der Waals surface area contributed by atoms with Crippen molar-refractivity contribution < 1.29 is 42.9 Å². The molecule has 14 nitrogen and oxygen atoms in total. The number of hydrogen-bond acceptors (Lipinski definition) is 9. The number of allylic oxidation sites excluding steroid dienone is 1. The normalized spacial score (nSPS) is 12.8. The van der Waals surface area contributed by atoms with Crippen LogP contribution in [-0.2, 0) is 46.5 Å². The van der Waals surface area contributed by atoms with Gasteiger partial charge >= 0.3 is 12.2 Å². The van der Waals surface area contributed by atoms with Crippen molar-refractivity contribution in [2.75, 3.05) is 44.0 Å². The lowest BCUT2D eigenvalue weighted by molar-refractivity contribution is -0.154. The first-order chi connectivity index (χ1) is 19.9. The Morgan fingerprint density at radius 3 is 2.38 bits per heavy atom. The molecule has 0 aromatic heterocycles. The van der Waals surface area contributed by atoms with Crippen LogP contribution in [0, 0.1) is 5.92 Å². The average Bonchev–Trinajstić information content (AvgIpc) is 2.95. The second-order valence-electron chi connectivity index (χ2n) is 9.33. The van der Waals surface area contributed by atoms with Crippen molar-refractivity contribution >= 4 is 53.1 Å². The van der Waals surface area contributed by atoms with Crippen LogP contribution in [-0.4, -0.2) is 95.4 Å². The summed E-state index contributed by atoms with van der Waals surface area (Å²) in [7, 11) is 1.14. The first-order valence-electron chi connectivity index (χ1n) is 13.1. The Labute approximate surface area is 248 Å². The molecule has 0 bridgehead atoms. The quantitative estimate of drug-likeness (QED) is 0.114. The minimum atomic E-state index is -1.09. The lowest BCUT2D eigenvalue weighted by Gasteiger charge is -2.24. The highest BCUT2D eigenvalue weighted by atomic mass is 32.2. The van der Waals surface area contributed by atoms with Gasteiger partial charge in [0, 0.05) is 25.4 Å². The van der Waals surface area contributed by atoms with Crippen LogP contribution in [0.15, 0.2) is 36.4 Å². The van der Waals surface area contributed by atoms with E-state index in [0.717, 1.165) is 25.6 Å². The van der Waals surface area contributed by atoms with Gasteiger partial charge in [-0.1, -0.05) is 43.6 Å². The van der Waals surface area contributed by atoms with Crippen LogP contribution < -0.4 is 16.0 Å². The molecule has 3 unspecified atom stereocenters. The molecular weight excluding hydrogens is 570 g/mol. The molecule has 0 saturated carbocycles. The third-order valence-electron chi connectivity index (χ3n) is 5.73.